The van der Waals surface area contributed by atoms with Crippen molar-refractivity contribution in [3.63, 3.8) is 0 Å². The van der Waals surface area contributed by atoms with Crippen LogP contribution in [0.4, 0.5) is 36.8 Å². The lowest BCUT2D eigenvalue weighted by Crippen LogP contribution is -2.28. The van der Waals surface area contributed by atoms with Crippen molar-refractivity contribution in [1.29, 1.82) is 0 Å². The molecule has 29 heavy (non-hydrogen) atoms. The zero-order valence-electron chi connectivity index (χ0n) is 14.9. The fourth-order valence-electron chi connectivity index (χ4n) is 2.24. The molecule has 0 unspecified atom stereocenters. The Kier molecular flexibility index (Phi) is 6.83. The third kappa shape index (κ3) is 7.09. The van der Waals surface area contributed by atoms with Crippen LogP contribution < -0.4 is 20.1 Å². The average Bonchev–Trinajstić information content (AvgIpc) is 2.64. The Morgan fingerprint density at radius 2 is 1.72 bits per heavy atom. The lowest BCUT2D eigenvalue weighted by molar-refractivity contribution is -0.153. The second kappa shape index (κ2) is 8.93. The largest absolute Gasteiger partial charge is 0.493 e. The average molecular weight is 422 g/mol. The summed E-state index contributed by atoms with van der Waals surface area (Å²) in [6, 6.07) is 7.46. The van der Waals surface area contributed by atoms with Crippen LogP contribution in [0.15, 0.2) is 42.5 Å². The zero-order chi connectivity index (χ0) is 21.7. The Labute approximate surface area is 161 Å². The normalized spacial score (nSPS) is 11.7. The molecule has 0 aliphatic heterocycles. The lowest BCUT2D eigenvalue weighted by atomic mass is 10.1. The zero-order valence-corrected chi connectivity index (χ0v) is 14.9. The van der Waals surface area contributed by atoms with E-state index in [0.717, 1.165) is 18.2 Å². The Morgan fingerprint density at radius 3 is 2.34 bits per heavy atom. The van der Waals surface area contributed by atoms with Crippen LogP contribution in [0, 0.1) is 0 Å². The molecule has 11 heteroatoms. The van der Waals surface area contributed by atoms with Crippen LogP contribution in [0.2, 0.25) is 0 Å². The molecule has 2 rings (SSSR count). The highest BCUT2D eigenvalue weighted by Crippen LogP contribution is 2.32. The van der Waals surface area contributed by atoms with Crippen LogP contribution in [-0.2, 0) is 12.7 Å². The van der Waals surface area contributed by atoms with Gasteiger partial charge in [0.1, 0.15) is 0 Å². The SMILES string of the molecule is COc1ccc(NC(=O)NCc2cccc(C(F)(F)F)c2)cc1OCC(F)(F)F. The van der Waals surface area contributed by atoms with Gasteiger partial charge in [-0.1, -0.05) is 12.1 Å². The molecule has 0 spiro atoms. The first kappa shape index (κ1) is 22.2. The van der Waals surface area contributed by atoms with E-state index < -0.39 is 30.6 Å². The number of ether oxygens (including phenoxy) is 2. The molecule has 0 saturated heterocycles. The monoisotopic (exact) mass is 422 g/mol. The summed E-state index contributed by atoms with van der Waals surface area (Å²) < 4.78 is 84.7. The number of alkyl halides is 6. The second-order valence-electron chi connectivity index (χ2n) is 5.78. The predicted molar refractivity (Wildman–Crippen MR) is 91.8 cm³/mol. The van der Waals surface area contributed by atoms with Gasteiger partial charge < -0.3 is 20.1 Å². The number of hydrogen-bond donors (Lipinski definition) is 2. The van der Waals surface area contributed by atoms with Crippen molar-refractivity contribution in [3.05, 3.63) is 53.6 Å². The number of anilines is 1. The van der Waals surface area contributed by atoms with Gasteiger partial charge in [-0.15, -0.1) is 0 Å². The van der Waals surface area contributed by atoms with E-state index in [2.05, 4.69) is 15.4 Å². The van der Waals surface area contributed by atoms with Crippen LogP contribution in [0.5, 0.6) is 11.5 Å². The number of nitrogens with one attached hydrogen (secondary N) is 2. The third-order valence-corrected chi connectivity index (χ3v) is 3.52. The number of rotatable bonds is 6. The summed E-state index contributed by atoms with van der Waals surface area (Å²) in [4.78, 5) is 12.0. The van der Waals surface area contributed by atoms with Crippen LogP contribution in [0.3, 0.4) is 0 Å². The van der Waals surface area contributed by atoms with E-state index in [4.69, 9.17) is 4.74 Å². The molecular formula is C18H16F6N2O3. The van der Waals surface area contributed by atoms with Gasteiger partial charge in [0.2, 0.25) is 0 Å². The quantitative estimate of drug-likeness (QED) is 0.646. The van der Waals surface area contributed by atoms with Gasteiger partial charge in [-0.05, 0) is 29.8 Å². The third-order valence-electron chi connectivity index (χ3n) is 3.52. The number of benzene rings is 2. The molecule has 2 N–H and O–H groups in total. The second-order valence-corrected chi connectivity index (χ2v) is 5.78. The summed E-state index contributed by atoms with van der Waals surface area (Å²) in [5, 5.41) is 4.72. The van der Waals surface area contributed by atoms with Gasteiger partial charge in [-0.3, -0.25) is 0 Å². The molecular weight excluding hydrogens is 406 g/mol. The van der Waals surface area contributed by atoms with Crippen molar-refractivity contribution in [2.24, 2.45) is 0 Å². The maximum Gasteiger partial charge on any atom is 0.422 e. The summed E-state index contributed by atoms with van der Waals surface area (Å²) in [6.45, 7) is -1.74. The van der Waals surface area contributed by atoms with Gasteiger partial charge in [0, 0.05) is 18.3 Å². The minimum atomic E-state index is -4.56. The number of methoxy groups -OCH3 is 1. The number of carbonyl (C=O) groups is 1. The molecule has 0 saturated carbocycles. The van der Waals surface area contributed by atoms with Gasteiger partial charge >= 0.3 is 18.4 Å². The number of amides is 2. The summed E-state index contributed by atoms with van der Waals surface area (Å²) in [5.74, 6) is -0.204. The Morgan fingerprint density at radius 1 is 1.00 bits per heavy atom. The van der Waals surface area contributed by atoms with Crippen LogP contribution >= 0.6 is 0 Å². The highest BCUT2D eigenvalue weighted by molar-refractivity contribution is 5.89. The fraction of sp³-hybridized carbons (Fsp3) is 0.278. The maximum absolute atomic E-state index is 12.7. The molecule has 0 aliphatic rings. The molecule has 0 radical (unpaired) electrons. The van der Waals surface area contributed by atoms with E-state index in [1.165, 1.54) is 31.4 Å². The predicted octanol–water partition coefficient (Wildman–Crippen LogP) is 4.98. The highest BCUT2D eigenvalue weighted by atomic mass is 19.4. The first-order valence-electron chi connectivity index (χ1n) is 8.06. The highest BCUT2D eigenvalue weighted by Gasteiger charge is 2.30. The Bertz CT molecular complexity index is 852. The standard InChI is InChI=1S/C18H16F6N2O3/c1-28-14-6-5-13(8-15(14)29-10-17(19,20)21)26-16(27)25-9-11-3-2-4-12(7-11)18(22,23)24/h2-8H,9-10H2,1H3,(H2,25,26,27). The van der Waals surface area contributed by atoms with Gasteiger partial charge in [-0.2, -0.15) is 26.3 Å². The van der Waals surface area contributed by atoms with E-state index >= 15 is 0 Å². The number of halogens is 6. The molecule has 2 amide bonds. The van der Waals surface area contributed by atoms with Crippen LogP contribution in [0.25, 0.3) is 0 Å². The molecule has 2 aromatic carbocycles. The van der Waals surface area contributed by atoms with Crippen molar-refractivity contribution < 1.29 is 40.6 Å². The molecule has 0 aromatic heterocycles. The van der Waals surface area contributed by atoms with E-state index in [-0.39, 0.29) is 29.3 Å². The van der Waals surface area contributed by atoms with Crippen LogP contribution in [-0.4, -0.2) is 25.9 Å². The van der Waals surface area contributed by atoms with Gasteiger partial charge in [0.15, 0.2) is 18.1 Å². The topological polar surface area (TPSA) is 59.6 Å². The molecule has 2 aromatic rings. The van der Waals surface area contributed by atoms with Crippen molar-refractivity contribution in [1.82, 2.24) is 5.32 Å². The fourth-order valence-corrected chi connectivity index (χ4v) is 2.24. The molecule has 158 valence electrons. The van der Waals surface area contributed by atoms with E-state index in [1.54, 1.807) is 0 Å². The van der Waals surface area contributed by atoms with Crippen molar-refractivity contribution in [2.45, 2.75) is 18.9 Å². The molecule has 0 bridgehead atoms. The van der Waals surface area contributed by atoms with Crippen molar-refractivity contribution in [3.8, 4) is 11.5 Å². The Balaban J connectivity index is 2.00. The molecule has 5 nitrogen and oxygen atoms in total. The minimum Gasteiger partial charge on any atom is -0.493 e. The van der Waals surface area contributed by atoms with Crippen molar-refractivity contribution in [2.75, 3.05) is 19.0 Å². The van der Waals surface area contributed by atoms with E-state index in [1.807, 2.05) is 0 Å². The first-order chi connectivity index (χ1) is 13.5. The van der Waals surface area contributed by atoms with Crippen LogP contribution in [0.1, 0.15) is 11.1 Å². The molecule has 0 fully saturated rings. The molecule has 0 atom stereocenters. The summed E-state index contributed by atoms with van der Waals surface area (Å²) in [6.07, 6.45) is -9.06. The van der Waals surface area contributed by atoms with Gasteiger partial charge in [0.25, 0.3) is 0 Å². The van der Waals surface area contributed by atoms with Gasteiger partial charge in [-0.25, -0.2) is 4.79 Å². The molecule has 0 aliphatic carbocycles. The van der Waals surface area contributed by atoms with E-state index in [9.17, 15) is 31.1 Å². The minimum absolute atomic E-state index is 0.0316. The van der Waals surface area contributed by atoms with Gasteiger partial charge in [0.05, 0.1) is 12.7 Å². The molecule has 0 heterocycles. The first-order valence-corrected chi connectivity index (χ1v) is 8.06. The number of hydrogen-bond acceptors (Lipinski definition) is 3. The summed E-state index contributed by atoms with van der Waals surface area (Å²) >= 11 is 0. The number of carbonyl (C=O) groups excluding carboxylic acids is 1. The maximum atomic E-state index is 12.7. The van der Waals surface area contributed by atoms with E-state index in [0.29, 0.717) is 0 Å². The smallest absolute Gasteiger partial charge is 0.422 e. The summed E-state index contributed by atoms with van der Waals surface area (Å²) in [7, 11) is 1.24. The van der Waals surface area contributed by atoms with Crippen molar-refractivity contribution >= 4 is 11.7 Å². The number of urea groups is 1. The Hall–Kier alpha value is -3.11. The lowest BCUT2D eigenvalue weighted by Gasteiger charge is -2.14. The summed E-state index contributed by atoms with van der Waals surface area (Å²) in [5.41, 5.74) is -0.526.